The zero-order valence-electron chi connectivity index (χ0n) is 32.9. The first-order valence-corrected chi connectivity index (χ1v) is 19.7. The standard InChI is InChI=1S/C52H50N2/c1-36(2)47-27-28-51(54-35-47)44-17-15-38(16-18-44)13-14-39-31-37(3)32-48(33-39)50-12-8-7-11-49(50)43-23-25-45(26-24-43)52-34-46(29-30-53-52)42-21-19-41(20-22-42)40-9-5-4-6-10-40/h7-8,11-12,15-36,40H,4-6,9-10,13-14H2,1-3H3/i36D. The Labute approximate surface area is 323 Å². The highest BCUT2D eigenvalue weighted by Gasteiger charge is 2.16. The fourth-order valence-corrected chi connectivity index (χ4v) is 8.11. The lowest BCUT2D eigenvalue weighted by molar-refractivity contribution is 0.443. The molecule has 2 heterocycles. The number of aryl methyl sites for hydroxylation is 3. The molecule has 1 saturated carbocycles. The maximum absolute atomic E-state index is 8.26. The minimum Gasteiger partial charge on any atom is -0.256 e. The zero-order chi connectivity index (χ0) is 37.8. The fourth-order valence-electron chi connectivity index (χ4n) is 8.11. The monoisotopic (exact) mass is 703 g/mol. The molecule has 7 aromatic rings. The summed E-state index contributed by atoms with van der Waals surface area (Å²) < 4.78 is 8.26. The molecule has 0 amide bonds. The summed E-state index contributed by atoms with van der Waals surface area (Å²) in [6.07, 6.45) is 12.4. The van der Waals surface area contributed by atoms with Crippen LogP contribution in [-0.4, -0.2) is 9.97 Å². The van der Waals surface area contributed by atoms with Crippen molar-refractivity contribution >= 4 is 0 Å². The van der Waals surface area contributed by atoms with Crippen molar-refractivity contribution in [1.82, 2.24) is 9.97 Å². The highest BCUT2D eigenvalue weighted by atomic mass is 14.7. The maximum Gasteiger partial charge on any atom is 0.0708 e. The molecule has 1 aliphatic carbocycles. The summed E-state index contributed by atoms with van der Waals surface area (Å²) in [6, 6.07) is 51.1. The summed E-state index contributed by atoms with van der Waals surface area (Å²) in [7, 11) is 0. The van der Waals surface area contributed by atoms with Crippen molar-refractivity contribution in [2.24, 2.45) is 0 Å². The molecule has 0 bridgehead atoms. The molecule has 2 heteroatoms. The molecule has 0 spiro atoms. The van der Waals surface area contributed by atoms with Gasteiger partial charge in [-0.25, -0.2) is 0 Å². The topological polar surface area (TPSA) is 25.8 Å². The van der Waals surface area contributed by atoms with Crippen LogP contribution in [0.25, 0.3) is 55.9 Å². The van der Waals surface area contributed by atoms with Gasteiger partial charge in [0, 0.05) is 24.9 Å². The summed E-state index contributed by atoms with van der Waals surface area (Å²) in [5.74, 6) is 0.0749. The molecule has 0 unspecified atom stereocenters. The lowest BCUT2D eigenvalue weighted by Crippen LogP contribution is -2.04. The number of pyridine rings is 2. The van der Waals surface area contributed by atoms with Gasteiger partial charge in [0.2, 0.25) is 0 Å². The Balaban J connectivity index is 0.965. The van der Waals surface area contributed by atoms with Crippen molar-refractivity contribution in [3.05, 3.63) is 180 Å². The predicted molar refractivity (Wildman–Crippen MR) is 228 cm³/mol. The molecule has 268 valence electrons. The van der Waals surface area contributed by atoms with Crippen LogP contribution in [0.5, 0.6) is 0 Å². The maximum atomic E-state index is 8.26. The quantitative estimate of drug-likeness (QED) is 0.142. The number of aromatic nitrogens is 2. The second-order valence-electron chi connectivity index (χ2n) is 15.3. The van der Waals surface area contributed by atoms with E-state index in [1.54, 1.807) is 0 Å². The summed E-state index contributed by atoms with van der Waals surface area (Å²) in [6.45, 7) is 5.98. The Morgan fingerprint density at radius 1 is 0.556 bits per heavy atom. The summed E-state index contributed by atoms with van der Waals surface area (Å²) in [4.78, 5) is 9.41. The van der Waals surface area contributed by atoms with Crippen LogP contribution >= 0.6 is 0 Å². The van der Waals surface area contributed by atoms with Crippen LogP contribution in [0.4, 0.5) is 0 Å². The molecule has 0 atom stereocenters. The van der Waals surface area contributed by atoms with Crippen LogP contribution in [0.2, 0.25) is 0 Å². The van der Waals surface area contributed by atoms with E-state index in [0.717, 1.165) is 46.8 Å². The van der Waals surface area contributed by atoms with Crippen molar-refractivity contribution < 1.29 is 1.37 Å². The molecular weight excluding hydrogens is 653 g/mol. The van der Waals surface area contributed by atoms with Gasteiger partial charge in [-0.3, -0.25) is 9.97 Å². The van der Waals surface area contributed by atoms with E-state index in [-0.39, 0.29) is 0 Å². The number of benzene rings is 5. The first-order chi connectivity index (χ1) is 26.8. The lowest BCUT2D eigenvalue weighted by Gasteiger charge is -2.22. The van der Waals surface area contributed by atoms with Gasteiger partial charge in [0.25, 0.3) is 0 Å². The van der Waals surface area contributed by atoms with E-state index in [1.807, 2.05) is 38.4 Å². The average Bonchev–Trinajstić information content (AvgIpc) is 3.23. The van der Waals surface area contributed by atoms with Gasteiger partial charge in [-0.2, -0.15) is 0 Å². The smallest absolute Gasteiger partial charge is 0.0708 e. The third-order valence-corrected chi connectivity index (χ3v) is 11.2. The highest BCUT2D eigenvalue weighted by molar-refractivity contribution is 5.85. The Hall–Kier alpha value is -5.60. The minimum absolute atomic E-state index is 0.647. The van der Waals surface area contributed by atoms with Crippen molar-refractivity contribution in [3.63, 3.8) is 0 Å². The molecule has 54 heavy (non-hydrogen) atoms. The third kappa shape index (κ3) is 8.14. The van der Waals surface area contributed by atoms with E-state index in [1.165, 1.54) is 87.7 Å². The fraction of sp³-hybridized carbons (Fsp3) is 0.231. The summed E-state index contributed by atoms with van der Waals surface area (Å²) >= 11 is 0. The number of hydrogen-bond donors (Lipinski definition) is 0. The van der Waals surface area contributed by atoms with E-state index >= 15 is 0 Å². The predicted octanol–water partition coefficient (Wildman–Crippen LogP) is 14.1. The molecule has 0 radical (unpaired) electrons. The largest absolute Gasteiger partial charge is 0.256 e. The molecule has 0 aliphatic heterocycles. The van der Waals surface area contributed by atoms with Crippen LogP contribution < -0.4 is 0 Å². The SMILES string of the molecule is [2H]C(C)(C)c1ccc(-c2ccc(CCc3cc(C)cc(-c4ccccc4-c4ccc(-c5cc(-c6ccc(C7CCCCC7)cc6)ccn5)cc4)c3)cc2)nc1. The average molecular weight is 704 g/mol. The normalized spacial score (nSPS) is 13.8. The first kappa shape index (κ1) is 34.2. The first-order valence-electron chi connectivity index (χ1n) is 20.2. The molecule has 0 N–H and O–H groups in total. The second-order valence-corrected chi connectivity index (χ2v) is 15.3. The van der Waals surface area contributed by atoms with Crippen molar-refractivity contribution in [1.29, 1.82) is 0 Å². The Morgan fingerprint density at radius 2 is 1.20 bits per heavy atom. The Kier molecular flexibility index (Phi) is 10.2. The van der Waals surface area contributed by atoms with Crippen LogP contribution in [0.1, 0.15) is 87.0 Å². The van der Waals surface area contributed by atoms with Crippen LogP contribution in [0, 0.1) is 6.92 Å². The van der Waals surface area contributed by atoms with E-state index < -0.39 is 5.89 Å². The van der Waals surface area contributed by atoms with Crippen LogP contribution in [0.3, 0.4) is 0 Å². The molecule has 8 rings (SSSR count). The molecule has 1 aliphatic rings. The molecule has 2 nitrogen and oxygen atoms in total. The van der Waals surface area contributed by atoms with Crippen molar-refractivity contribution in [2.75, 3.05) is 0 Å². The van der Waals surface area contributed by atoms with Crippen molar-refractivity contribution in [2.45, 2.75) is 77.5 Å². The van der Waals surface area contributed by atoms with E-state index in [2.05, 4.69) is 139 Å². The van der Waals surface area contributed by atoms with Gasteiger partial charge in [-0.05, 0) is 118 Å². The number of nitrogens with zero attached hydrogens (tertiary/aromatic N) is 2. The van der Waals surface area contributed by atoms with Gasteiger partial charge in [0.15, 0.2) is 0 Å². The van der Waals surface area contributed by atoms with Gasteiger partial charge in [0.05, 0.1) is 11.4 Å². The van der Waals surface area contributed by atoms with E-state index in [0.29, 0.717) is 0 Å². The van der Waals surface area contributed by atoms with Gasteiger partial charge < -0.3 is 0 Å². The highest BCUT2D eigenvalue weighted by Crippen LogP contribution is 2.36. The molecule has 2 aromatic heterocycles. The van der Waals surface area contributed by atoms with E-state index in [4.69, 9.17) is 6.35 Å². The van der Waals surface area contributed by atoms with E-state index in [9.17, 15) is 0 Å². The van der Waals surface area contributed by atoms with Crippen molar-refractivity contribution in [3.8, 4) is 55.9 Å². The molecule has 0 saturated heterocycles. The van der Waals surface area contributed by atoms with Gasteiger partial charge >= 0.3 is 0 Å². The molecular formula is C52H50N2. The Bertz CT molecular complexity index is 2360. The van der Waals surface area contributed by atoms with Gasteiger partial charge in [-0.1, -0.05) is 160 Å². The van der Waals surface area contributed by atoms with Crippen LogP contribution in [0.15, 0.2) is 152 Å². The minimum atomic E-state index is -0.647. The summed E-state index contributed by atoms with van der Waals surface area (Å²) in [5, 5.41) is 0. The zero-order valence-corrected chi connectivity index (χ0v) is 31.9. The lowest BCUT2D eigenvalue weighted by atomic mass is 9.84. The second kappa shape index (κ2) is 16.2. The Morgan fingerprint density at radius 3 is 1.91 bits per heavy atom. The van der Waals surface area contributed by atoms with Gasteiger partial charge in [-0.15, -0.1) is 0 Å². The number of rotatable bonds is 10. The van der Waals surface area contributed by atoms with Gasteiger partial charge in [0.1, 0.15) is 0 Å². The third-order valence-electron chi connectivity index (χ3n) is 11.2. The molecule has 1 fully saturated rings. The van der Waals surface area contributed by atoms with Crippen LogP contribution in [-0.2, 0) is 12.8 Å². The molecule has 5 aromatic carbocycles. The summed E-state index contributed by atoms with van der Waals surface area (Å²) in [5.41, 5.74) is 17.9. The number of hydrogen-bond acceptors (Lipinski definition) is 2.